The van der Waals surface area contributed by atoms with Crippen molar-refractivity contribution < 1.29 is 0 Å². The number of nitrogens with zero attached hydrogens (tertiary/aromatic N) is 2. The highest BCUT2D eigenvalue weighted by Gasteiger charge is 2.35. The van der Waals surface area contributed by atoms with Crippen LogP contribution in [0, 0.1) is 0 Å². The Kier molecular flexibility index (Phi) is 9.21. The average molecular weight is 829 g/mol. The van der Waals surface area contributed by atoms with Crippen molar-refractivity contribution in [3.8, 4) is 89.5 Å². The first-order valence-corrected chi connectivity index (χ1v) is 22.5. The normalized spacial score (nSPS) is 12.6. The summed E-state index contributed by atoms with van der Waals surface area (Å²) in [4.78, 5) is 10.1. The van der Waals surface area contributed by atoms with Crippen LogP contribution in [0.15, 0.2) is 231 Å². The Morgan fingerprint density at radius 3 is 1.23 bits per heavy atom. The molecule has 2 heteroatoms. The molecule has 0 unspecified atom stereocenters. The lowest BCUT2D eigenvalue weighted by Crippen LogP contribution is -2.14. The molecule has 10 aromatic carbocycles. The van der Waals surface area contributed by atoms with Crippen LogP contribution in [0.1, 0.15) is 25.0 Å². The van der Waals surface area contributed by atoms with Gasteiger partial charge in [-0.15, -0.1) is 0 Å². The molecule has 306 valence electrons. The van der Waals surface area contributed by atoms with E-state index in [1.165, 1.54) is 82.7 Å². The molecule has 0 fully saturated rings. The van der Waals surface area contributed by atoms with Crippen molar-refractivity contribution in [2.24, 2.45) is 0 Å². The Bertz CT molecular complexity index is 3530. The minimum absolute atomic E-state index is 0.0166. The maximum Gasteiger partial charge on any atom is 0.160 e. The monoisotopic (exact) mass is 828 g/mol. The van der Waals surface area contributed by atoms with Gasteiger partial charge in [-0.1, -0.05) is 220 Å². The molecule has 65 heavy (non-hydrogen) atoms. The van der Waals surface area contributed by atoms with E-state index in [0.717, 1.165) is 33.6 Å². The predicted octanol–water partition coefficient (Wildman–Crippen LogP) is 16.8. The standard InChI is InChI=1S/C63H44N2/c1-63(2)58-22-10-9-19-56(58)57-36-33-49(39-59(57)63)43-25-23-41(24-26-43)47-31-34-52-50(37-47)17-11-20-54(52)55-21-12-18-51-38-48(32-35-53(51)55)42-27-29-46(30-28-42)62-64-60(44-13-5-3-6-14-44)40-61(65-62)45-15-7-4-8-16-45/h3-40H,1-2H3. The van der Waals surface area contributed by atoms with Gasteiger partial charge in [-0.3, -0.25) is 0 Å². The number of aromatic nitrogens is 2. The number of hydrogen-bond donors (Lipinski definition) is 0. The zero-order chi connectivity index (χ0) is 43.5. The third-order valence-corrected chi connectivity index (χ3v) is 13.5. The van der Waals surface area contributed by atoms with Gasteiger partial charge in [-0.25, -0.2) is 9.97 Å². The van der Waals surface area contributed by atoms with Crippen molar-refractivity contribution in [3.05, 3.63) is 242 Å². The molecule has 1 aliphatic rings. The molecule has 2 nitrogen and oxygen atoms in total. The van der Waals surface area contributed by atoms with E-state index < -0.39 is 0 Å². The van der Waals surface area contributed by atoms with Gasteiger partial charge >= 0.3 is 0 Å². The smallest absolute Gasteiger partial charge is 0.160 e. The lowest BCUT2D eigenvalue weighted by atomic mass is 9.81. The number of hydrogen-bond acceptors (Lipinski definition) is 2. The molecule has 11 aromatic rings. The van der Waals surface area contributed by atoms with E-state index in [1.54, 1.807) is 0 Å². The Balaban J connectivity index is 0.820. The highest BCUT2D eigenvalue weighted by Crippen LogP contribution is 2.49. The van der Waals surface area contributed by atoms with E-state index >= 15 is 0 Å². The van der Waals surface area contributed by atoms with Crippen LogP contribution in [0.2, 0.25) is 0 Å². The van der Waals surface area contributed by atoms with Crippen LogP contribution in [0.5, 0.6) is 0 Å². The van der Waals surface area contributed by atoms with Gasteiger partial charge in [0.25, 0.3) is 0 Å². The molecule has 0 radical (unpaired) electrons. The zero-order valence-corrected chi connectivity index (χ0v) is 36.3. The van der Waals surface area contributed by atoms with E-state index in [1.807, 2.05) is 36.4 Å². The van der Waals surface area contributed by atoms with E-state index in [2.05, 4.69) is 208 Å². The first-order chi connectivity index (χ1) is 31.9. The lowest BCUT2D eigenvalue weighted by Gasteiger charge is -2.22. The van der Waals surface area contributed by atoms with Crippen LogP contribution in [0.4, 0.5) is 0 Å². The third kappa shape index (κ3) is 6.83. The van der Waals surface area contributed by atoms with Crippen LogP contribution in [-0.4, -0.2) is 9.97 Å². The Morgan fingerprint density at radius 2 is 0.692 bits per heavy atom. The number of rotatable bonds is 7. The van der Waals surface area contributed by atoms with Gasteiger partial charge < -0.3 is 0 Å². The second kappa shape index (κ2) is 15.6. The van der Waals surface area contributed by atoms with Gasteiger partial charge in [0.05, 0.1) is 11.4 Å². The topological polar surface area (TPSA) is 25.8 Å². The summed E-state index contributed by atoms with van der Waals surface area (Å²) in [5.41, 5.74) is 20.1. The zero-order valence-electron chi connectivity index (χ0n) is 36.3. The minimum atomic E-state index is -0.0166. The van der Waals surface area contributed by atoms with Crippen molar-refractivity contribution >= 4 is 21.5 Å². The largest absolute Gasteiger partial charge is 0.228 e. The number of benzene rings is 10. The summed E-state index contributed by atoms with van der Waals surface area (Å²) in [7, 11) is 0. The first kappa shape index (κ1) is 38.5. The first-order valence-electron chi connectivity index (χ1n) is 22.5. The molecule has 0 saturated heterocycles. The fraction of sp³-hybridized carbons (Fsp3) is 0.0476. The van der Waals surface area contributed by atoms with Gasteiger partial charge in [-0.05, 0) is 113 Å². The van der Waals surface area contributed by atoms with Crippen molar-refractivity contribution in [1.29, 1.82) is 0 Å². The van der Waals surface area contributed by atoms with Crippen molar-refractivity contribution in [2.75, 3.05) is 0 Å². The summed E-state index contributed by atoms with van der Waals surface area (Å²) in [6, 6.07) is 83.4. The third-order valence-electron chi connectivity index (χ3n) is 13.5. The fourth-order valence-electron chi connectivity index (χ4n) is 10.0. The molecule has 1 aromatic heterocycles. The van der Waals surface area contributed by atoms with Crippen molar-refractivity contribution in [2.45, 2.75) is 19.3 Å². The number of fused-ring (bicyclic) bond motifs is 5. The van der Waals surface area contributed by atoms with Gasteiger partial charge in [0, 0.05) is 22.1 Å². The van der Waals surface area contributed by atoms with E-state index in [4.69, 9.17) is 9.97 Å². The van der Waals surface area contributed by atoms with Crippen molar-refractivity contribution in [1.82, 2.24) is 9.97 Å². The summed E-state index contributed by atoms with van der Waals surface area (Å²) in [5, 5.41) is 4.92. The van der Waals surface area contributed by atoms with Crippen LogP contribution in [0.25, 0.3) is 111 Å². The van der Waals surface area contributed by atoms with Gasteiger partial charge in [0.15, 0.2) is 5.82 Å². The fourth-order valence-corrected chi connectivity index (χ4v) is 10.0. The highest BCUT2D eigenvalue weighted by atomic mass is 14.9. The van der Waals surface area contributed by atoms with Gasteiger partial charge in [0.2, 0.25) is 0 Å². The predicted molar refractivity (Wildman–Crippen MR) is 273 cm³/mol. The Hall–Kier alpha value is -8.20. The second-order valence-corrected chi connectivity index (χ2v) is 17.8. The molecule has 0 spiro atoms. The minimum Gasteiger partial charge on any atom is -0.228 e. The van der Waals surface area contributed by atoms with E-state index in [-0.39, 0.29) is 5.41 Å². The molecule has 1 heterocycles. The molecule has 0 atom stereocenters. The maximum absolute atomic E-state index is 5.04. The Morgan fingerprint density at radius 1 is 0.277 bits per heavy atom. The average Bonchev–Trinajstić information content (AvgIpc) is 3.61. The molecule has 0 saturated carbocycles. The molecule has 0 N–H and O–H groups in total. The Labute approximate surface area is 380 Å². The molecule has 0 bridgehead atoms. The maximum atomic E-state index is 5.04. The van der Waals surface area contributed by atoms with Gasteiger partial charge in [0.1, 0.15) is 0 Å². The van der Waals surface area contributed by atoms with Crippen LogP contribution < -0.4 is 0 Å². The van der Waals surface area contributed by atoms with E-state index in [0.29, 0.717) is 5.82 Å². The van der Waals surface area contributed by atoms with Crippen molar-refractivity contribution in [3.63, 3.8) is 0 Å². The van der Waals surface area contributed by atoms with E-state index in [9.17, 15) is 0 Å². The summed E-state index contributed by atoms with van der Waals surface area (Å²) in [5.74, 6) is 0.710. The van der Waals surface area contributed by atoms with Gasteiger partial charge in [-0.2, -0.15) is 0 Å². The molecule has 0 aliphatic heterocycles. The molecular weight excluding hydrogens is 785 g/mol. The highest BCUT2D eigenvalue weighted by molar-refractivity contribution is 6.07. The van der Waals surface area contributed by atoms with Crippen LogP contribution >= 0.6 is 0 Å². The lowest BCUT2D eigenvalue weighted by molar-refractivity contribution is 0.660. The summed E-state index contributed by atoms with van der Waals surface area (Å²) >= 11 is 0. The summed E-state index contributed by atoms with van der Waals surface area (Å²) in [6.07, 6.45) is 0. The molecule has 12 rings (SSSR count). The van der Waals surface area contributed by atoms with Crippen LogP contribution in [0.3, 0.4) is 0 Å². The SMILES string of the molecule is CC1(C)c2ccccc2-c2ccc(-c3ccc(-c4ccc5c(-c6cccc7cc(-c8ccc(-c9nc(-c%10ccccc%10)cc(-c%10ccccc%10)n9)cc8)ccc67)cccc5c4)cc3)cc21. The molecule has 1 aliphatic carbocycles. The second-order valence-electron chi connectivity index (χ2n) is 17.8. The molecule has 0 amide bonds. The van der Waals surface area contributed by atoms with Crippen LogP contribution in [-0.2, 0) is 5.41 Å². The quantitative estimate of drug-likeness (QED) is 0.160. The summed E-state index contributed by atoms with van der Waals surface area (Å²) < 4.78 is 0. The molecular formula is C63H44N2. The summed E-state index contributed by atoms with van der Waals surface area (Å²) in [6.45, 7) is 4.69.